The molecule has 8 nitrogen and oxygen atoms in total. The lowest BCUT2D eigenvalue weighted by Gasteiger charge is -2.19. The van der Waals surface area contributed by atoms with Crippen LogP contribution in [0.5, 0.6) is 0 Å². The van der Waals surface area contributed by atoms with E-state index >= 15 is 0 Å². The zero-order valence-corrected chi connectivity index (χ0v) is 16.9. The number of anilines is 2. The van der Waals surface area contributed by atoms with Crippen molar-refractivity contribution in [3.63, 3.8) is 0 Å². The topological polar surface area (TPSA) is 85.2 Å². The number of nitrogens with one attached hydrogen (secondary N) is 1. The number of carbonyl (C=O) groups excluding carboxylic acids is 1. The number of cyclic esters (lactones) is 1. The van der Waals surface area contributed by atoms with E-state index in [9.17, 15) is 18.0 Å². The van der Waals surface area contributed by atoms with Gasteiger partial charge in [0.1, 0.15) is 36.8 Å². The number of imidazole rings is 1. The molecule has 162 valence electrons. The van der Waals surface area contributed by atoms with Crippen molar-refractivity contribution < 1.29 is 22.7 Å². The molecular formula is C19H16ClF3N6O2. The molecule has 0 radical (unpaired) electrons. The second kappa shape index (κ2) is 8.42. The molecule has 0 spiro atoms. The lowest BCUT2D eigenvalue weighted by atomic mass is 10.2. The Balaban J connectivity index is 1.53. The summed E-state index contributed by atoms with van der Waals surface area (Å²) in [6, 6.07) is 2.15. The van der Waals surface area contributed by atoms with Crippen molar-refractivity contribution in [2.45, 2.75) is 19.0 Å². The average Bonchev–Trinajstić information content (AvgIpc) is 3.37. The van der Waals surface area contributed by atoms with Gasteiger partial charge in [-0.1, -0.05) is 11.6 Å². The molecule has 1 fully saturated rings. The highest BCUT2D eigenvalue weighted by Crippen LogP contribution is 2.25. The highest BCUT2D eigenvalue weighted by molar-refractivity contribution is 6.30. The van der Waals surface area contributed by atoms with Crippen LogP contribution in [0.4, 0.5) is 29.7 Å². The third-order valence-electron chi connectivity index (χ3n) is 4.69. The Labute approximate surface area is 179 Å². The van der Waals surface area contributed by atoms with Crippen LogP contribution in [-0.2, 0) is 4.74 Å². The summed E-state index contributed by atoms with van der Waals surface area (Å²) >= 11 is 5.59. The van der Waals surface area contributed by atoms with E-state index in [0.29, 0.717) is 5.69 Å². The molecule has 4 rings (SSSR count). The van der Waals surface area contributed by atoms with Gasteiger partial charge in [-0.05, 0) is 19.1 Å². The summed E-state index contributed by atoms with van der Waals surface area (Å²) in [6.45, 7) is 0.933. The van der Waals surface area contributed by atoms with Gasteiger partial charge in [0, 0.05) is 18.5 Å². The number of hydrogen-bond donors (Lipinski definition) is 1. The van der Waals surface area contributed by atoms with E-state index in [4.69, 9.17) is 16.3 Å². The molecule has 1 N–H and O–H groups in total. The van der Waals surface area contributed by atoms with Crippen LogP contribution in [0.2, 0.25) is 5.02 Å². The van der Waals surface area contributed by atoms with Crippen molar-refractivity contribution in [1.29, 1.82) is 0 Å². The lowest BCUT2D eigenvalue weighted by molar-refractivity contribution is 0.177. The Kier molecular flexibility index (Phi) is 5.68. The van der Waals surface area contributed by atoms with Crippen LogP contribution in [0.15, 0.2) is 36.9 Å². The average molecular weight is 453 g/mol. The van der Waals surface area contributed by atoms with Crippen molar-refractivity contribution in [3.05, 3.63) is 59.3 Å². The van der Waals surface area contributed by atoms with Crippen LogP contribution >= 0.6 is 11.6 Å². The summed E-state index contributed by atoms with van der Waals surface area (Å²) in [5.41, 5.74) is 0.446. The summed E-state index contributed by atoms with van der Waals surface area (Å²) in [4.78, 5) is 25.6. The molecule has 0 saturated carbocycles. The molecule has 2 atom stereocenters. The van der Waals surface area contributed by atoms with Crippen LogP contribution in [0.3, 0.4) is 0 Å². The number of rotatable bonds is 6. The number of hydrogen-bond acceptors (Lipinski definition) is 6. The van der Waals surface area contributed by atoms with Gasteiger partial charge >= 0.3 is 6.09 Å². The number of aromatic nitrogens is 4. The highest BCUT2D eigenvalue weighted by Gasteiger charge is 2.35. The van der Waals surface area contributed by atoms with Crippen LogP contribution in [0, 0.1) is 11.6 Å². The van der Waals surface area contributed by atoms with E-state index in [2.05, 4.69) is 20.3 Å². The van der Waals surface area contributed by atoms with Gasteiger partial charge in [-0.25, -0.2) is 27.9 Å². The minimum Gasteiger partial charge on any atom is -0.447 e. The minimum absolute atomic E-state index is 0.0455. The van der Waals surface area contributed by atoms with Gasteiger partial charge in [0.05, 0.1) is 28.8 Å². The molecule has 1 amide bonds. The van der Waals surface area contributed by atoms with E-state index in [0.717, 1.165) is 17.0 Å². The molecule has 1 aromatic carbocycles. The van der Waals surface area contributed by atoms with Crippen LogP contribution < -0.4 is 10.2 Å². The zero-order chi connectivity index (χ0) is 22.1. The van der Waals surface area contributed by atoms with Gasteiger partial charge in [0.2, 0.25) is 5.95 Å². The van der Waals surface area contributed by atoms with Gasteiger partial charge < -0.3 is 14.6 Å². The maximum Gasteiger partial charge on any atom is 0.416 e. The maximum absolute atomic E-state index is 14.2. The molecule has 1 aliphatic rings. The van der Waals surface area contributed by atoms with Crippen LogP contribution in [-0.4, -0.2) is 44.9 Å². The predicted octanol–water partition coefficient (Wildman–Crippen LogP) is 4.06. The third kappa shape index (κ3) is 4.13. The second-order valence-corrected chi connectivity index (χ2v) is 7.19. The molecule has 3 heterocycles. The Morgan fingerprint density at radius 2 is 2.13 bits per heavy atom. The fourth-order valence-corrected chi connectivity index (χ4v) is 3.23. The van der Waals surface area contributed by atoms with E-state index in [1.807, 2.05) is 0 Å². The quantitative estimate of drug-likeness (QED) is 0.568. The number of nitrogens with zero attached hydrogens (tertiary/aromatic N) is 5. The van der Waals surface area contributed by atoms with Crippen molar-refractivity contribution >= 4 is 29.5 Å². The Morgan fingerprint density at radius 1 is 1.32 bits per heavy atom. The molecule has 0 bridgehead atoms. The summed E-state index contributed by atoms with van der Waals surface area (Å²) in [5, 5.41) is 2.70. The van der Waals surface area contributed by atoms with Gasteiger partial charge in [0.15, 0.2) is 0 Å². The molecule has 2 aromatic heterocycles. The number of alkyl halides is 1. The molecule has 0 unspecified atom stereocenters. The number of carbonyl (C=O) groups is 1. The standard InChI is InChI=1S/C19H16ClF3N6O2/c1-10(15-7-28(9-25-15)16-5-13(22)12(20)4-14(16)23)26-18-24-3-2-17(27-18)29-11(6-21)8-31-19(29)30/h2-5,7,9-11H,6,8H2,1H3,(H,24,26,27)/t10-,11-/m0/s1. The van der Waals surface area contributed by atoms with Crippen molar-refractivity contribution in [3.8, 4) is 5.69 Å². The first-order valence-electron chi connectivity index (χ1n) is 9.17. The first kappa shape index (κ1) is 20.9. The molecule has 1 saturated heterocycles. The predicted molar refractivity (Wildman–Crippen MR) is 106 cm³/mol. The summed E-state index contributed by atoms with van der Waals surface area (Å²) in [6.07, 6.45) is 3.59. The molecular weight excluding hydrogens is 437 g/mol. The number of ether oxygens (including phenoxy) is 1. The molecule has 1 aliphatic heterocycles. The largest absolute Gasteiger partial charge is 0.447 e. The zero-order valence-electron chi connectivity index (χ0n) is 16.1. The summed E-state index contributed by atoms with van der Waals surface area (Å²) in [5.74, 6) is -1.09. The number of benzene rings is 1. The molecule has 31 heavy (non-hydrogen) atoms. The van der Waals surface area contributed by atoms with E-state index in [1.54, 1.807) is 6.92 Å². The maximum atomic E-state index is 14.2. The van der Waals surface area contributed by atoms with Crippen molar-refractivity contribution in [2.75, 3.05) is 23.5 Å². The Morgan fingerprint density at radius 3 is 2.90 bits per heavy atom. The normalized spacial score (nSPS) is 17.0. The van der Waals surface area contributed by atoms with Gasteiger partial charge in [0.25, 0.3) is 0 Å². The summed E-state index contributed by atoms with van der Waals surface area (Å²) < 4.78 is 47.2. The monoisotopic (exact) mass is 452 g/mol. The minimum atomic E-state index is -0.770. The lowest BCUT2D eigenvalue weighted by Crippen LogP contribution is -2.35. The van der Waals surface area contributed by atoms with Gasteiger partial charge in [-0.15, -0.1) is 0 Å². The highest BCUT2D eigenvalue weighted by atomic mass is 35.5. The van der Waals surface area contributed by atoms with Crippen molar-refractivity contribution in [2.24, 2.45) is 0 Å². The van der Waals surface area contributed by atoms with Crippen LogP contribution in [0.1, 0.15) is 18.7 Å². The van der Waals surface area contributed by atoms with E-state index in [1.165, 1.54) is 29.4 Å². The third-order valence-corrected chi connectivity index (χ3v) is 4.98. The first-order chi connectivity index (χ1) is 14.9. The van der Waals surface area contributed by atoms with Crippen molar-refractivity contribution in [1.82, 2.24) is 19.5 Å². The van der Waals surface area contributed by atoms with E-state index < -0.39 is 36.5 Å². The molecule has 3 aromatic rings. The molecule has 0 aliphatic carbocycles. The van der Waals surface area contributed by atoms with Gasteiger partial charge in [-0.2, -0.15) is 4.98 Å². The summed E-state index contributed by atoms with van der Waals surface area (Å²) in [7, 11) is 0. The van der Waals surface area contributed by atoms with E-state index in [-0.39, 0.29) is 29.1 Å². The SMILES string of the molecule is C[C@H](Nc1nccc(N2C(=O)OC[C@@H]2CF)n1)c1cn(-c2cc(F)c(Cl)cc2F)cn1. The number of amides is 1. The molecule has 12 heteroatoms. The fourth-order valence-electron chi connectivity index (χ4n) is 3.08. The smallest absolute Gasteiger partial charge is 0.416 e. The second-order valence-electron chi connectivity index (χ2n) is 6.78. The fraction of sp³-hybridized carbons (Fsp3) is 0.263. The van der Waals surface area contributed by atoms with Gasteiger partial charge in [-0.3, -0.25) is 4.90 Å². The Bertz CT molecular complexity index is 1130. The van der Waals surface area contributed by atoms with Crippen LogP contribution in [0.25, 0.3) is 5.69 Å². The first-order valence-corrected chi connectivity index (χ1v) is 9.55. The number of halogens is 4. The Hall–Kier alpha value is -3.34.